The highest BCUT2D eigenvalue weighted by Crippen LogP contribution is 2.07. The molecule has 1 atom stereocenters. The smallest absolute Gasteiger partial charge is 0.234 e. The number of ether oxygens (including phenoxy) is 1. The van der Waals surface area contributed by atoms with E-state index in [0.29, 0.717) is 24.9 Å². The molecule has 5 nitrogen and oxygen atoms in total. The maximum absolute atomic E-state index is 11.7. The van der Waals surface area contributed by atoms with Crippen LogP contribution in [0.25, 0.3) is 0 Å². The van der Waals surface area contributed by atoms with E-state index in [2.05, 4.69) is 29.5 Å². The number of pyridine rings is 1. The van der Waals surface area contributed by atoms with Gasteiger partial charge in [0.1, 0.15) is 0 Å². The first-order valence-corrected chi connectivity index (χ1v) is 6.52. The largest absolute Gasteiger partial charge is 0.481 e. The van der Waals surface area contributed by atoms with Crippen molar-refractivity contribution < 1.29 is 9.53 Å². The molecule has 0 saturated carbocycles. The topological polar surface area (TPSA) is 63.2 Å². The summed E-state index contributed by atoms with van der Waals surface area (Å²) in [5, 5.41) is 6.05. The summed E-state index contributed by atoms with van der Waals surface area (Å²) in [6.45, 7) is 7.10. The van der Waals surface area contributed by atoms with Crippen molar-refractivity contribution >= 4 is 5.91 Å². The highest BCUT2D eigenvalue weighted by atomic mass is 16.5. The van der Waals surface area contributed by atoms with Gasteiger partial charge in [0.25, 0.3) is 0 Å². The Morgan fingerprint density at radius 1 is 1.42 bits per heavy atom. The van der Waals surface area contributed by atoms with Gasteiger partial charge in [-0.25, -0.2) is 4.98 Å². The van der Waals surface area contributed by atoms with Crippen LogP contribution in [0, 0.1) is 5.92 Å². The van der Waals surface area contributed by atoms with Crippen LogP contribution in [-0.2, 0) is 11.3 Å². The van der Waals surface area contributed by atoms with E-state index in [9.17, 15) is 4.79 Å². The van der Waals surface area contributed by atoms with Gasteiger partial charge >= 0.3 is 0 Å². The fourth-order valence-electron chi connectivity index (χ4n) is 1.46. The van der Waals surface area contributed by atoms with Crippen LogP contribution in [0.5, 0.6) is 5.88 Å². The van der Waals surface area contributed by atoms with Crippen molar-refractivity contribution in [1.82, 2.24) is 15.6 Å². The maximum Gasteiger partial charge on any atom is 0.234 e. The molecule has 1 aromatic heterocycles. The molecule has 1 rings (SSSR count). The lowest BCUT2D eigenvalue weighted by atomic mass is 10.1. The van der Waals surface area contributed by atoms with Crippen LogP contribution >= 0.6 is 0 Å². The Labute approximate surface area is 114 Å². The van der Waals surface area contributed by atoms with Crippen LogP contribution in [0.1, 0.15) is 26.3 Å². The number of hydrogen-bond donors (Lipinski definition) is 2. The molecule has 0 aliphatic heterocycles. The fourth-order valence-corrected chi connectivity index (χ4v) is 1.46. The van der Waals surface area contributed by atoms with E-state index in [-0.39, 0.29) is 11.9 Å². The zero-order valence-corrected chi connectivity index (χ0v) is 12.1. The number of methoxy groups -OCH3 is 1. The Hall–Kier alpha value is -1.62. The first-order valence-electron chi connectivity index (χ1n) is 6.52. The zero-order valence-electron chi connectivity index (χ0n) is 12.1. The SMILES string of the molecule is COc1cc(CNCC(=O)NC(C)C(C)C)ccn1. The highest BCUT2D eigenvalue weighted by Gasteiger charge is 2.10. The second-order valence-corrected chi connectivity index (χ2v) is 4.91. The summed E-state index contributed by atoms with van der Waals surface area (Å²) in [4.78, 5) is 15.7. The van der Waals surface area contributed by atoms with Crippen molar-refractivity contribution in [2.75, 3.05) is 13.7 Å². The molecule has 0 spiro atoms. The predicted octanol–water partition coefficient (Wildman–Crippen LogP) is 1.34. The van der Waals surface area contributed by atoms with Gasteiger partial charge in [-0.05, 0) is 24.5 Å². The summed E-state index contributed by atoms with van der Waals surface area (Å²) >= 11 is 0. The molecule has 106 valence electrons. The number of rotatable bonds is 7. The highest BCUT2D eigenvalue weighted by molar-refractivity contribution is 5.78. The lowest BCUT2D eigenvalue weighted by Crippen LogP contribution is -2.41. The lowest BCUT2D eigenvalue weighted by molar-refractivity contribution is -0.121. The molecule has 0 saturated heterocycles. The van der Waals surface area contributed by atoms with E-state index in [1.165, 1.54) is 0 Å². The molecule has 1 unspecified atom stereocenters. The van der Waals surface area contributed by atoms with Crippen molar-refractivity contribution in [3.8, 4) is 5.88 Å². The molecule has 1 amide bonds. The second-order valence-electron chi connectivity index (χ2n) is 4.91. The van der Waals surface area contributed by atoms with Gasteiger partial charge in [0.05, 0.1) is 13.7 Å². The van der Waals surface area contributed by atoms with Gasteiger partial charge in [0, 0.05) is 24.8 Å². The van der Waals surface area contributed by atoms with Crippen molar-refractivity contribution in [3.63, 3.8) is 0 Å². The second kappa shape index (κ2) is 7.74. The normalized spacial score (nSPS) is 12.3. The van der Waals surface area contributed by atoms with Crippen molar-refractivity contribution in [1.29, 1.82) is 0 Å². The van der Waals surface area contributed by atoms with Gasteiger partial charge < -0.3 is 15.4 Å². The van der Waals surface area contributed by atoms with Crippen LogP contribution in [0.4, 0.5) is 0 Å². The average Bonchev–Trinajstić information content (AvgIpc) is 2.38. The van der Waals surface area contributed by atoms with Crippen LogP contribution < -0.4 is 15.4 Å². The van der Waals surface area contributed by atoms with Gasteiger partial charge in [0.15, 0.2) is 0 Å². The first-order chi connectivity index (χ1) is 9.02. The van der Waals surface area contributed by atoms with Crippen LogP contribution in [-0.4, -0.2) is 30.6 Å². The third-order valence-electron chi connectivity index (χ3n) is 3.01. The fraction of sp³-hybridized carbons (Fsp3) is 0.571. The first kappa shape index (κ1) is 15.4. The van der Waals surface area contributed by atoms with Crippen LogP contribution in [0.15, 0.2) is 18.3 Å². The van der Waals surface area contributed by atoms with Crippen molar-refractivity contribution in [2.24, 2.45) is 5.92 Å². The molecule has 0 aliphatic carbocycles. The molecule has 1 heterocycles. The Morgan fingerprint density at radius 3 is 2.79 bits per heavy atom. The third kappa shape index (κ3) is 5.70. The van der Waals surface area contributed by atoms with Crippen molar-refractivity contribution in [2.45, 2.75) is 33.4 Å². The van der Waals surface area contributed by atoms with Gasteiger partial charge in [-0.1, -0.05) is 13.8 Å². The van der Waals surface area contributed by atoms with E-state index >= 15 is 0 Å². The van der Waals surface area contributed by atoms with E-state index in [4.69, 9.17) is 4.74 Å². The summed E-state index contributed by atoms with van der Waals surface area (Å²) < 4.78 is 5.04. The van der Waals surface area contributed by atoms with Crippen molar-refractivity contribution in [3.05, 3.63) is 23.9 Å². The molecule has 19 heavy (non-hydrogen) atoms. The summed E-state index contributed by atoms with van der Waals surface area (Å²) in [6.07, 6.45) is 1.69. The summed E-state index contributed by atoms with van der Waals surface area (Å²) in [5.41, 5.74) is 1.04. The molecule has 0 bridgehead atoms. The molecular formula is C14H23N3O2. The number of hydrogen-bond acceptors (Lipinski definition) is 4. The Balaban J connectivity index is 2.31. The molecule has 5 heteroatoms. The molecule has 2 N–H and O–H groups in total. The summed E-state index contributed by atoms with van der Waals surface area (Å²) in [7, 11) is 1.58. The molecule has 0 aromatic carbocycles. The van der Waals surface area contributed by atoms with E-state index in [1.807, 2.05) is 19.1 Å². The maximum atomic E-state index is 11.7. The number of carbonyl (C=O) groups is 1. The summed E-state index contributed by atoms with van der Waals surface area (Å²) in [6, 6.07) is 3.93. The standard InChI is InChI=1S/C14H23N3O2/c1-10(2)11(3)17-13(18)9-15-8-12-5-6-16-14(7-12)19-4/h5-7,10-11,15H,8-9H2,1-4H3,(H,17,18). The van der Waals surface area contributed by atoms with Gasteiger partial charge in [0.2, 0.25) is 11.8 Å². The van der Waals surface area contributed by atoms with Gasteiger partial charge in [-0.2, -0.15) is 0 Å². The minimum Gasteiger partial charge on any atom is -0.481 e. The quantitative estimate of drug-likeness (QED) is 0.781. The van der Waals surface area contributed by atoms with E-state index < -0.39 is 0 Å². The monoisotopic (exact) mass is 265 g/mol. The third-order valence-corrected chi connectivity index (χ3v) is 3.01. The summed E-state index contributed by atoms with van der Waals surface area (Å²) in [5.74, 6) is 1.04. The predicted molar refractivity (Wildman–Crippen MR) is 74.9 cm³/mol. The number of nitrogens with one attached hydrogen (secondary N) is 2. The number of aromatic nitrogens is 1. The molecule has 0 radical (unpaired) electrons. The van der Waals surface area contributed by atoms with E-state index in [1.54, 1.807) is 13.3 Å². The Bertz CT molecular complexity index is 407. The Kier molecular flexibility index (Phi) is 6.29. The molecular weight excluding hydrogens is 242 g/mol. The van der Waals surface area contributed by atoms with Gasteiger partial charge in [-0.15, -0.1) is 0 Å². The average molecular weight is 265 g/mol. The zero-order chi connectivity index (χ0) is 14.3. The number of amides is 1. The number of carbonyl (C=O) groups excluding carboxylic acids is 1. The Morgan fingerprint density at radius 2 is 2.16 bits per heavy atom. The van der Waals surface area contributed by atoms with Gasteiger partial charge in [-0.3, -0.25) is 4.79 Å². The van der Waals surface area contributed by atoms with Crippen LogP contribution in [0.3, 0.4) is 0 Å². The molecule has 0 fully saturated rings. The number of nitrogens with zero attached hydrogens (tertiary/aromatic N) is 1. The molecule has 0 aliphatic rings. The lowest BCUT2D eigenvalue weighted by Gasteiger charge is -2.17. The molecule has 1 aromatic rings. The van der Waals surface area contributed by atoms with Crippen LogP contribution in [0.2, 0.25) is 0 Å². The minimum absolute atomic E-state index is 0.0159. The van der Waals surface area contributed by atoms with E-state index in [0.717, 1.165) is 5.56 Å². The minimum atomic E-state index is 0.0159.